The van der Waals surface area contributed by atoms with Gasteiger partial charge in [0, 0.05) is 17.7 Å². The van der Waals surface area contributed by atoms with E-state index in [0.717, 1.165) is 11.1 Å². The molecule has 0 saturated carbocycles. The molecule has 116 valence electrons. The average Bonchev–Trinajstić information content (AvgIpc) is 2.91. The van der Waals surface area contributed by atoms with Gasteiger partial charge in [0.2, 0.25) is 5.91 Å². The van der Waals surface area contributed by atoms with Crippen molar-refractivity contribution in [2.45, 2.75) is 19.4 Å². The fraction of sp³-hybridized carbons (Fsp3) is 0.158. The molecule has 5 nitrogen and oxygen atoms in total. The van der Waals surface area contributed by atoms with Gasteiger partial charge in [-0.05, 0) is 24.6 Å². The minimum Gasteiger partial charge on any atom is -0.273 e. The lowest BCUT2D eigenvalue weighted by Gasteiger charge is -2.33. The molecular formula is C19H14N4O. The molecule has 0 radical (unpaired) electrons. The van der Waals surface area contributed by atoms with Crippen molar-refractivity contribution >= 4 is 11.5 Å². The van der Waals surface area contributed by atoms with Crippen molar-refractivity contribution in [1.29, 1.82) is 10.5 Å². The summed E-state index contributed by atoms with van der Waals surface area (Å²) in [6, 6.07) is 18.6. The van der Waals surface area contributed by atoms with E-state index in [-0.39, 0.29) is 11.5 Å². The van der Waals surface area contributed by atoms with Crippen LogP contribution in [0.5, 0.6) is 0 Å². The molecule has 1 unspecified atom stereocenters. The van der Waals surface area contributed by atoms with Crippen LogP contribution >= 0.6 is 0 Å². The second-order valence-corrected chi connectivity index (χ2v) is 5.70. The van der Waals surface area contributed by atoms with E-state index in [2.05, 4.69) is 5.10 Å². The van der Waals surface area contributed by atoms with Gasteiger partial charge in [-0.1, -0.05) is 36.4 Å². The summed E-state index contributed by atoms with van der Waals surface area (Å²) in [7, 11) is 0. The van der Waals surface area contributed by atoms with Gasteiger partial charge in [0.15, 0.2) is 0 Å². The standard InChI is InChI=1S/C19H14N4O/c1-13(24)23-19(2,16-6-4-3-5-7-16)17-10-14(15(11-20)12-21)8-9-18(17)22-23/h3-10H,1-2H3. The Labute approximate surface area is 139 Å². The van der Waals surface area contributed by atoms with E-state index >= 15 is 0 Å². The lowest BCUT2D eigenvalue weighted by atomic mass is 9.84. The monoisotopic (exact) mass is 314 g/mol. The van der Waals surface area contributed by atoms with E-state index in [9.17, 15) is 4.79 Å². The molecule has 5 heteroatoms. The molecule has 1 amide bonds. The van der Waals surface area contributed by atoms with Crippen molar-refractivity contribution < 1.29 is 4.79 Å². The zero-order valence-corrected chi connectivity index (χ0v) is 13.3. The number of carbonyl (C=O) groups excluding carboxylic acids is 1. The molecular weight excluding hydrogens is 300 g/mol. The van der Waals surface area contributed by atoms with Crippen molar-refractivity contribution in [3.63, 3.8) is 0 Å². The molecule has 1 aliphatic heterocycles. The molecule has 0 aromatic heterocycles. The SMILES string of the molecule is CC(=O)N1N=c2ccc(=C(C#N)C#N)cc2C1(C)c1ccccc1. The fourth-order valence-electron chi connectivity index (χ4n) is 3.07. The van der Waals surface area contributed by atoms with Gasteiger partial charge >= 0.3 is 0 Å². The van der Waals surface area contributed by atoms with Crippen molar-refractivity contribution in [3.8, 4) is 12.1 Å². The molecule has 2 aromatic carbocycles. The number of hydrogen-bond donors (Lipinski definition) is 0. The van der Waals surface area contributed by atoms with Crippen LogP contribution in [-0.2, 0) is 10.3 Å². The molecule has 3 rings (SSSR count). The maximum absolute atomic E-state index is 12.2. The van der Waals surface area contributed by atoms with Gasteiger partial charge in [0.25, 0.3) is 0 Å². The first-order chi connectivity index (χ1) is 11.5. The topological polar surface area (TPSA) is 80.2 Å². The summed E-state index contributed by atoms with van der Waals surface area (Å²) in [6.45, 7) is 3.39. The van der Waals surface area contributed by atoms with Gasteiger partial charge < -0.3 is 0 Å². The first-order valence-corrected chi connectivity index (χ1v) is 7.42. The normalized spacial score (nSPS) is 18.1. The number of carbonyl (C=O) groups is 1. The maximum Gasteiger partial charge on any atom is 0.240 e. The number of rotatable bonds is 1. The van der Waals surface area contributed by atoms with Crippen molar-refractivity contribution in [3.05, 3.63) is 70.2 Å². The summed E-state index contributed by atoms with van der Waals surface area (Å²) in [5.41, 5.74) is 0.961. The first kappa shape index (κ1) is 15.5. The van der Waals surface area contributed by atoms with E-state index in [1.54, 1.807) is 18.2 Å². The van der Waals surface area contributed by atoms with Crippen LogP contribution in [0.15, 0.2) is 53.6 Å². The van der Waals surface area contributed by atoms with Crippen molar-refractivity contribution in [2.24, 2.45) is 5.10 Å². The smallest absolute Gasteiger partial charge is 0.240 e. The molecule has 0 bridgehead atoms. The number of fused-ring (bicyclic) bond motifs is 1. The van der Waals surface area contributed by atoms with Crippen LogP contribution in [-0.4, -0.2) is 10.9 Å². The van der Waals surface area contributed by atoms with Gasteiger partial charge in [0.1, 0.15) is 23.3 Å². The summed E-state index contributed by atoms with van der Waals surface area (Å²) < 4.78 is 0. The van der Waals surface area contributed by atoms with Gasteiger partial charge in [-0.25, -0.2) is 5.01 Å². The Morgan fingerprint density at radius 1 is 1.12 bits per heavy atom. The number of benzene rings is 2. The highest BCUT2D eigenvalue weighted by Gasteiger charge is 2.42. The van der Waals surface area contributed by atoms with Gasteiger partial charge in [0.05, 0.1) is 5.36 Å². The molecule has 1 atom stereocenters. The quantitative estimate of drug-likeness (QED) is 0.801. The van der Waals surface area contributed by atoms with E-state index in [1.165, 1.54) is 11.9 Å². The minimum atomic E-state index is -0.783. The van der Waals surface area contributed by atoms with Crippen LogP contribution in [0.4, 0.5) is 0 Å². The Balaban J connectivity index is 2.36. The number of amides is 1. The first-order valence-electron chi connectivity index (χ1n) is 7.42. The third kappa shape index (κ3) is 2.15. The van der Waals surface area contributed by atoms with Crippen LogP contribution in [0, 0.1) is 22.7 Å². The predicted molar refractivity (Wildman–Crippen MR) is 87.3 cm³/mol. The number of hydrogen-bond acceptors (Lipinski definition) is 4. The second-order valence-electron chi connectivity index (χ2n) is 5.70. The molecule has 0 aliphatic carbocycles. The van der Waals surface area contributed by atoms with E-state index in [1.807, 2.05) is 49.4 Å². The van der Waals surface area contributed by atoms with Crippen LogP contribution in [0.25, 0.3) is 5.57 Å². The fourth-order valence-corrected chi connectivity index (χ4v) is 3.07. The largest absolute Gasteiger partial charge is 0.273 e. The van der Waals surface area contributed by atoms with Crippen LogP contribution < -0.4 is 10.6 Å². The van der Waals surface area contributed by atoms with E-state index in [4.69, 9.17) is 10.5 Å². The van der Waals surface area contributed by atoms with Crippen LogP contribution in [0.2, 0.25) is 0 Å². The minimum absolute atomic E-state index is 0.0366. The van der Waals surface area contributed by atoms with Gasteiger partial charge in [-0.15, -0.1) is 0 Å². The third-order valence-corrected chi connectivity index (χ3v) is 4.30. The molecule has 0 spiro atoms. The highest BCUT2D eigenvalue weighted by Crippen LogP contribution is 2.36. The molecule has 1 heterocycles. The lowest BCUT2D eigenvalue weighted by Crippen LogP contribution is -2.42. The van der Waals surface area contributed by atoms with E-state index < -0.39 is 5.54 Å². The molecule has 0 N–H and O–H groups in total. The molecule has 1 aliphatic rings. The predicted octanol–water partition coefficient (Wildman–Crippen LogP) is 1.54. The number of nitriles is 2. The highest BCUT2D eigenvalue weighted by atomic mass is 16.2. The Kier molecular flexibility index (Phi) is 3.63. The summed E-state index contributed by atoms with van der Waals surface area (Å²) in [5.74, 6) is -0.177. The van der Waals surface area contributed by atoms with E-state index in [0.29, 0.717) is 10.6 Å². The Morgan fingerprint density at radius 2 is 1.79 bits per heavy atom. The highest BCUT2D eigenvalue weighted by molar-refractivity contribution is 5.76. The zero-order chi connectivity index (χ0) is 17.3. The number of nitrogens with zero attached hydrogens (tertiary/aromatic N) is 4. The molecule has 24 heavy (non-hydrogen) atoms. The van der Waals surface area contributed by atoms with Crippen molar-refractivity contribution in [1.82, 2.24) is 5.01 Å². The van der Waals surface area contributed by atoms with Gasteiger partial charge in [-0.3, -0.25) is 4.79 Å². The maximum atomic E-state index is 12.2. The second kappa shape index (κ2) is 5.64. The Hall–Kier alpha value is -3.44. The average molecular weight is 314 g/mol. The third-order valence-electron chi connectivity index (χ3n) is 4.30. The summed E-state index contributed by atoms with van der Waals surface area (Å²) >= 11 is 0. The summed E-state index contributed by atoms with van der Waals surface area (Å²) in [6.07, 6.45) is 0. The van der Waals surface area contributed by atoms with Crippen molar-refractivity contribution in [2.75, 3.05) is 0 Å². The van der Waals surface area contributed by atoms with Crippen LogP contribution in [0.1, 0.15) is 25.0 Å². The molecule has 2 aromatic rings. The Bertz CT molecular complexity index is 1010. The summed E-state index contributed by atoms with van der Waals surface area (Å²) in [4.78, 5) is 12.2. The van der Waals surface area contributed by atoms with Gasteiger partial charge in [-0.2, -0.15) is 15.6 Å². The molecule has 0 saturated heterocycles. The molecule has 0 fully saturated rings. The van der Waals surface area contributed by atoms with Crippen LogP contribution in [0.3, 0.4) is 0 Å². The lowest BCUT2D eigenvalue weighted by molar-refractivity contribution is -0.133. The summed E-state index contributed by atoms with van der Waals surface area (Å²) in [5, 5.41) is 25.3. The Morgan fingerprint density at radius 3 is 2.38 bits per heavy atom. The zero-order valence-electron chi connectivity index (χ0n) is 13.3.